The summed E-state index contributed by atoms with van der Waals surface area (Å²) in [5, 5.41) is 0. The summed E-state index contributed by atoms with van der Waals surface area (Å²) < 4.78 is 0.965. The van der Waals surface area contributed by atoms with Gasteiger partial charge < -0.3 is 4.48 Å². The van der Waals surface area contributed by atoms with E-state index in [9.17, 15) is 0 Å². The van der Waals surface area contributed by atoms with Crippen molar-refractivity contribution in [1.29, 1.82) is 0 Å². The molecule has 1 atom stereocenters. The Balaban J connectivity index is 2.97. The quantitative estimate of drug-likeness (QED) is 0.429. The molecule has 0 saturated carbocycles. The molecule has 0 fully saturated rings. The highest BCUT2D eigenvalue weighted by Crippen LogP contribution is 2.20. The van der Waals surface area contributed by atoms with Gasteiger partial charge in [0.1, 0.15) is 0 Å². The second-order valence-corrected chi connectivity index (χ2v) is 6.39. The third-order valence-electron chi connectivity index (χ3n) is 3.30. The van der Waals surface area contributed by atoms with E-state index < -0.39 is 0 Å². The maximum atomic E-state index is 5.75. The third-order valence-corrected chi connectivity index (χ3v) is 3.85. The van der Waals surface area contributed by atoms with Crippen LogP contribution in [0.3, 0.4) is 0 Å². The Labute approximate surface area is 117 Å². The lowest BCUT2D eigenvalue weighted by molar-refractivity contribution is -0.872. The molecule has 1 nitrogen and oxygen atoms in total. The maximum Gasteiger partial charge on any atom is 0.0858 e. The number of rotatable bonds is 6. The molecule has 0 amide bonds. The first-order chi connectivity index (χ1) is 8.39. The maximum absolute atomic E-state index is 5.75. The van der Waals surface area contributed by atoms with Crippen molar-refractivity contribution in [2.24, 2.45) is 5.92 Å². The van der Waals surface area contributed by atoms with Crippen LogP contribution < -0.4 is 0 Å². The highest BCUT2D eigenvalue weighted by Gasteiger charge is 2.22. The first kappa shape index (κ1) is 15.3. The number of aryl methyl sites for hydroxylation is 1. The fourth-order valence-electron chi connectivity index (χ4n) is 2.35. The third kappa shape index (κ3) is 4.18. The van der Waals surface area contributed by atoms with Crippen molar-refractivity contribution in [2.45, 2.75) is 26.7 Å². The zero-order valence-electron chi connectivity index (χ0n) is 12.4. The molecule has 0 radical (unpaired) electrons. The molecule has 0 aromatic heterocycles. The number of quaternary nitrogens is 1. The number of benzene rings is 1. The SMILES string of the molecule is CCc1ccccc1C(=S)C(CC)C[N+](C)(C)C. The predicted molar refractivity (Wildman–Crippen MR) is 84.2 cm³/mol. The van der Waals surface area contributed by atoms with Crippen molar-refractivity contribution in [3.63, 3.8) is 0 Å². The van der Waals surface area contributed by atoms with Gasteiger partial charge in [0.05, 0.1) is 27.7 Å². The highest BCUT2D eigenvalue weighted by atomic mass is 32.1. The van der Waals surface area contributed by atoms with E-state index in [1.165, 1.54) is 11.1 Å². The Bertz CT molecular complexity index is 404. The van der Waals surface area contributed by atoms with Crippen molar-refractivity contribution in [1.82, 2.24) is 0 Å². The van der Waals surface area contributed by atoms with Crippen LogP contribution in [0.5, 0.6) is 0 Å². The van der Waals surface area contributed by atoms with Gasteiger partial charge in [0.2, 0.25) is 0 Å². The van der Waals surface area contributed by atoms with E-state index in [-0.39, 0.29) is 0 Å². The van der Waals surface area contributed by atoms with Crippen LogP contribution in [0.15, 0.2) is 24.3 Å². The molecule has 100 valence electrons. The first-order valence-electron chi connectivity index (χ1n) is 6.81. The highest BCUT2D eigenvalue weighted by molar-refractivity contribution is 7.80. The minimum atomic E-state index is 0.493. The Hall–Kier alpha value is -0.730. The van der Waals surface area contributed by atoms with Crippen molar-refractivity contribution < 1.29 is 4.48 Å². The molecule has 0 bridgehead atoms. The van der Waals surface area contributed by atoms with E-state index in [0.717, 1.165) is 28.7 Å². The largest absolute Gasteiger partial charge is 0.330 e. The molecule has 0 spiro atoms. The zero-order chi connectivity index (χ0) is 13.8. The van der Waals surface area contributed by atoms with Gasteiger partial charge in [-0.05, 0) is 24.0 Å². The van der Waals surface area contributed by atoms with Gasteiger partial charge in [-0.15, -0.1) is 0 Å². The van der Waals surface area contributed by atoms with Gasteiger partial charge in [0.15, 0.2) is 0 Å². The second-order valence-electron chi connectivity index (χ2n) is 5.95. The van der Waals surface area contributed by atoms with Crippen LogP contribution in [0.1, 0.15) is 31.4 Å². The fourth-order valence-corrected chi connectivity index (χ4v) is 2.79. The zero-order valence-corrected chi connectivity index (χ0v) is 13.2. The summed E-state index contributed by atoms with van der Waals surface area (Å²) in [4.78, 5) is 1.14. The number of hydrogen-bond acceptors (Lipinski definition) is 1. The Kier molecular flexibility index (Phi) is 5.48. The lowest BCUT2D eigenvalue weighted by Crippen LogP contribution is -2.41. The van der Waals surface area contributed by atoms with Crippen LogP contribution in [0.25, 0.3) is 0 Å². The fraction of sp³-hybridized carbons (Fsp3) is 0.562. The molecule has 1 aromatic rings. The van der Waals surface area contributed by atoms with E-state index in [1.54, 1.807) is 0 Å². The van der Waals surface area contributed by atoms with Gasteiger partial charge in [-0.2, -0.15) is 0 Å². The van der Waals surface area contributed by atoms with E-state index >= 15 is 0 Å². The number of nitrogens with zero attached hydrogens (tertiary/aromatic N) is 1. The van der Waals surface area contributed by atoms with Crippen LogP contribution in [-0.4, -0.2) is 37.0 Å². The van der Waals surface area contributed by atoms with Gasteiger partial charge >= 0.3 is 0 Å². The predicted octanol–water partition coefficient (Wildman–Crippen LogP) is 3.70. The number of hydrogen-bond donors (Lipinski definition) is 0. The van der Waals surface area contributed by atoms with Crippen molar-refractivity contribution in [3.8, 4) is 0 Å². The van der Waals surface area contributed by atoms with E-state index in [0.29, 0.717) is 5.92 Å². The Morgan fingerprint density at radius 2 is 1.78 bits per heavy atom. The second kappa shape index (κ2) is 6.44. The molecule has 0 aliphatic rings. The van der Waals surface area contributed by atoms with Gasteiger partial charge in [0.25, 0.3) is 0 Å². The number of thiocarbonyl (C=S) groups is 1. The summed E-state index contributed by atoms with van der Waals surface area (Å²) in [6.45, 7) is 5.54. The summed E-state index contributed by atoms with van der Waals surface area (Å²) in [5.74, 6) is 0.493. The van der Waals surface area contributed by atoms with Crippen molar-refractivity contribution in [2.75, 3.05) is 27.7 Å². The molecule has 0 aliphatic heterocycles. The lowest BCUT2D eigenvalue weighted by Gasteiger charge is -2.29. The van der Waals surface area contributed by atoms with Crippen molar-refractivity contribution >= 4 is 17.1 Å². The average Bonchev–Trinajstić information content (AvgIpc) is 2.34. The molecule has 18 heavy (non-hydrogen) atoms. The summed E-state index contributed by atoms with van der Waals surface area (Å²) >= 11 is 5.75. The van der Waals surface area contributed by atoms with Crippen molar-refractivity contribution in [3.05, 3.63) is 35.4 Å². The Morgan fingerprint density at radius 3 is 2.28 bits per heavy atom. The van der Waals surface area contributed by atoms with E-state index in [1.807, 2.05) is 0 Å². The minimum absolute atomic E-state index is 0.493. The molecule has 2 heteroatoms. The van der Waals surface area contributed by atoms with Crippen LogP contribution in [0.2, 0.25) is 0 Å². The summed E-state index contributed by atoms with van der Waals surface area (Å²) in [7, 11) is 6.70. The molecule has 0 aliphatic carbocycles. The van der Waals surface area contributed by atoms with Crippen LogP contribution in [-0.2, 0) is 6.42 Å². The molecular weight excluding hydrogens is 238 g/mol. The van der Waals surface area contributed by atoms with Crippen LogP contribution >= 0.6 is 12.2 Å². The van der Waals surface area contributed by atoms with E-state index in [2.05, 4.69) is 59.3 Å². The smallest absolute Gasteiger partial charge is 0.0858 e. The van der Waals surface area contributed by atoms with Crippen LogP contribution in [0.4, 0.5) is 0 Å². The van der Waals surface area contributed by atoms with Gasteiger partial charge in [-0.1, -0.05) is 50.3 Å². The topological polar surface area (TPSA) is 0 Å². The van der Waals surface area contributed by atoms with Gasteiger partial charge in [-0.25, -0.2) is 0 Å². The molecular formula is C16H26NS+. The van der Waals surface area contributed by atoms with Gasteiger partial charge in [-0.3, -0.25) is 0 Å². The molecule has 0 N–H and O–H groups in total. The normalized spacial score (nSPS) is 13.4. The molecule has 0 heterocycles. The standard InChI is InChI=1S/C16H26NS/c1-6-13-10-8-9-11-15(13)16(18)14(7-2)12-17(3,4)5/h8-11,14H,6-7,12H2,1-5H3/q+1. The Morgan fingerprint density at radius 1 is 1.17 bits per heavy atom. The molecule has 1 unspecified atom stereocenters. The minimum Gasteiger partial charge on any atom is -0.330 e. The first-order valence-corrected chi connectivity index (χ1v) is 7.22. The molecule has 1 rings (SSSR count). The average molecular weight is 264 g/mol. The lowest BCUT2D eigenvalue weighted by atomic mass is 9.92. The van der Waals surface area contributed by atoms with E-state index in [4.69, 9.17) is 12.2 Å². The summed E-state index contributed by atoms with van der Waals surface area (Å²) in [6.07, 6.45) is 2.17. The van der Waals surface area contributed by atoms with Crippen LogP contribution in [0, 0.1) is 5.92 Å². The summed E-state index contributed by atoms with van der Waals surface area (Å²) in [6, 6.07) is 8.57. The molecule has 0 saturated heterocycles. The summed E-state index contributed by atoms with van der Waals surface area (Å²) in [5.41, 5.74) is 2.66. The molecule has 1 aromatic carbocycles. The monoisotopic (exact) mass is 264 g/mol. The van der Waals surface area contributed by atoms with Gasteiger partial charge in [0, 0.05) is 10.8 Å².